The van der Waals surface area contributed by atoms with Gasteiger partial charge >= 0.3 is 5.69 Å². The summed E-state index contributed by atoms with van der Waals surface area (Å²) in [7, 11) is 3.06. The summed E-state index contributed by atoms with van der Waals surface area (Å²) in [5.41, 5.74) is 0.178. The van der Waals surface area contributed by atoms with Crippen LogP contribution in [-0.2, 0) is 14.1 Å². The summed E-state index contributed by atoms with van der Waals surface area (Å²) in [6.07, 6.45) is 1.54. The Kier molecular flexibility index (Phi) is 1.73. The predicted octanol–water partition coefficient (Wildman–Crippen LogP) is -0.368. The fraction of sp³-hybridized carbons (Fsp3) is 0.222. The molecule has 0 aliphatic carbocycles. The van der Waals surface area contributed by atoms with Crippen molar-refractivity contribution in [2.24, 2.45) is 14.1 Å². The first kappa shape index (κ1) is 8.68. The number of pyridine rings is 1. The van der Waals surface area contributed by atoms with Gasteiger partial charge in [-0.1, -0.05) is 0 Å². The van der Waals surface area contributed by atoms with E-state index in [1.165, 1.54) is 17.8 Å². The Balaban J connectivity index is 3.19. The van der Waals surface area contributed by atoms with Crippen molar-refractivity contribution in [1.29, 1.82) is 0 Å². The maximum atomic E-state index is 11.6. The third-order valence-electron chi connectivity index (χ3n) is 2.23. The molecule has 5 nitrogen and oxygen atoms in total. The van der Waals surface area contributed by atoms with Crippen molar-refractivity contribution in [1.82, 2.24) is 14.1 Å². The van der Waals surface area contributed by atoms with Crippen molar-refractivity contribution in [3.05, 3.63) is 39.2 Å². The fourth-order valence-corrected chi connectivity index (χ4v) is 1.41. The first-order valence-corrected chi connectivity index (χ1v) is 4.13. The minimum Gasteiger partial charge on any atom is -0.295 e. The highest BCUT2D eigenvalue weighted by atomic mass is 16.2. The van der Waals surface area contributed by atoms with Crippen LogP contribution in [0.5, 0.6) is 0 Å². The van der Waals surface area contributed by atoms with Crippen LogP contribution in [0.1, 0.15) is 0 Å². The average molecular weight is 191 g/mol. The van der Waals surface area contributed by atoms with Gasteiger partial charge in [0.25, 0.3) is 5.56 Å². The lowest BCUT2D eigenvalue weighted by Gasteiger charge is -2.05. The maximum absolute atomic E-state index is 11.6. The molecule has 0 unspecified atom stereocenters. The average Bonchev–Trinajstić information content (AvgIpc) is 2.23. The van der Waals surface area contributed by atoms with Crippen molar-refractivity contribution >= 4 is 11.0 Å². The molecule has 0 aliphatic heterocycles. The van der Waals surface area contributed by atoms with Crippen LogP contribution < -0.4 is 11.2 Å². The topological polar surface area (TPSA) is 56.9 Å². The lowest BCUT2D eigenvalue weighted by Crippen LogP contribution is -2.37. The third-order valence-corrected chi connectivity index (χ3v) is 2.23. The second kappa shape index (κ2) is 2.80. The van der Waals surface area contributed by atoms with Gasteiger partial charge < -0.3 is 0 Å². The van der Waals surface area contributed by atoms with E-state index in [1.54, 1.807) is 19.2 Å². The molecule has 0 fully saturated rings. The normalized spacial score (nSPS) is 10.7. The molecule has 0 saturated carbocycles. The smallest absolute Gasteiger partial charge is 0.295 e. The summed E-state index contributed by atoms with van der Waals surface area (Å²) in [5.74, 6) is 0. The summed E-state index contributed by atoms with van der Waals surface area (Å²) in [4.78, 5) is 27.0. The zero-order chi connectivity index (χ0) is 10.3. The van der Waals surface area contributed by atoms with Crippen LogP contribution >= 0.6 is 0 Å². The molecule has 14 heavy (non-hydrogen) atoms. The molecule has 0 saturated heterocycles. The summed E-state index contributed by atoms with van der Waals surface area (Å²) in [5, 5.41) is 0. The van der Waals surface area contributed by atoms with Gasteiger partial charge in [-0.3, -0.25) is 13.9 Å². The fourth-order valence-electron chi connectivity index (χ4n) is 1.41. The molecule has 72 valence electrons. The standard InChI is InChI=1S/C9H9N3O2/c1-11-6-4-3-5-10-7(6)8(13)12(2)9(11)14/h3-5H,1-2H3. The molecule has 2 aromatic rings. The monoisotopic (exact) mass is 191 g/mol. The predicted molar refractivity (Wildman–Crippen MR) is 52.2 cm³/mol. The second-order valence-corrected chi connectivity index (χ2v) is 3.08. The third kappa shape index (κ3) is 0.985. The lowest BCUT2D eigenvalue weighted by molar-refractivity contribution is 0.711. The highest BCUT2D eigenvalue weighted by Crippen LogP contribution is 2.01. The molecule has 2 heterocycles. The Bertz CT molecular complexity index is 609. The molecule has 0 aliphatic rings. The number of rotatable bonds is 0. The Labute approximate surface area is 79.2 Å². The molecular formula is C9H9N3O2. The van der Waals surface area contributed by atoms with Crippen LogP contribution in [0.4, 0.5) is 0 Å². The zero-order valence-corrected chi connectivity index (χ0v) is 7.89. The van der Waals surface area contributed by atoms with Gasteiger partial charge in [-0.25, -0.2) is 9.78 Å². The second-order valence-electron chi connectivity index (χ2n) is 3.08. The van der Waals surface area contributed by atoms with E-state index in [9.17, 15) is 9.59 Å². The highest BCUT2D eigenvalue weighted by molar-refractivity contribution is 5.72. The quantitative estimate of drug-likeness (QED) is 0.571. The summed E-state index contributed by atoms with van der Waals surface area (Å²) in [6.45, 7) is 0. The van der Waals surface area contributed by atoms with E-state index in [-0.39, 0.29) is 11.2 Å². The summed E-state index contributed by atoms with van der Waals surface area (Å²) >= 11 is 0. The van der Waals surface area contributed by atoms with E-state index in [2.05, 4.69) is 4.98 Å². The summed E-state index contributed by atoms with van der Waals surface area (Å²) in [6, 6.07) is 3.40. The van der Waals surface area contributed by atoms with Gasteiger partial charge in [0, 0.05) is 20.3 Å². The van der Waals surface area contributed by atoms with Crippen LogP contribution in [0.25, 0.3) is 11.0 Å². The highest BCUT2D eigenvalue weighted by Gasteiger charge is 2.07. The van der Waals surface area contributed by atoms with Gasteiger partial charge in [0.15, 0.2) is 5.52 Å². The number of hydrogen-bond acceptors (Lipinski definition) is 3. The number of hydrogen-bond donors (Lipinski definition) is 0. The van der Waals surface area contributed by atoms with E-state index in [1.807, 2.05) is 0 Å². The first-order valence-electron chi connectivity index (χ1n) is 4.13. The van der Waals surface area contributed by atoms with Crippen molar-refractivity contribution in [3.63, 3.8) is 0 Å². The SMILES string of the molecule is Cn1c(=O)c2ncccc2n(C)c1=O. The number of fused-ring (bicyclic) bond motifs is 1. The van der Waals surface area contributed by atoms with E-state index >= 15 is 0 Å². The van der Waals surface area contributed by atoms with E-state index < -0.39 is 0 Å². The first-order chi connectivity index (χ1) is 6.63. The van der Waals surface area contributed by atoms with Crippen molar-refractivity contribution < 1.29 is 0 Å². The Morgan fingerprint density at radius 3 is 2.64 bits per heavy atom. The minimum absolute atomic E-state index is 0.317. The van der Waals surface area contributed by atoms with Gasteiger partial charge in [0.05, 0.1) is 5.52 Å². The van der Waals surface area contributed by atoms with Crippen molar-refractivity contribution in [3.8, 4) is 0 Å². The molecule has 0 bridgehead atoms. The molecule has 0 N–H and O–H groups in total. The molecule has 0 aromatic carbocycles. The van der Waals surface area contributed by atoms with Crippen LogP contribution in [0, 0.1) is 0 Å². The Morgan fingerprint density at radius 2 is 1.93 bits per heavy atom. The molecule has 0 radical (unpaired) electrons. The minimum atomic E-state index is -0.358. The molecule has 0 spiro atoms. The maximum Gasteiger partial charge on any atom is 0.331 e. The largest absolute Gasteiger partial charge is 0.331 e. The van der Waals surface area contributed by atoms with E-state index in [4.69, 9.17) is 0 Å². The number of aromatic nitrogens is 3. The number of nitrogens with zero attached hydrogens (tertiary/aromatic N) is 3. The molecule has 2 rings (SSSR count). The zero-order valence-electron chi connectivity index (χ0n) is 7.89. The molecule has 2 aromatic heterocycles. The van der Waals surface area contributed by atoms with Gasteiger partial charge in [-0.2, -0.15) is 0 Å². The van der Waals surface area contributed by atoms with E-state index in [0.717, 1.165) is 4.57 Å². The van der Waals surface area contributed by atoms with Crippen LogP contribution in [0.2, 0.25) is 0 Å². The van der Waals surface area contributed by atoms with Gasteiger partial charge in [0.1, 0.15) is 0 Å². The van der Waals surface area contributed by atoms with Gasteiger partial charge in [-0.05, 0) is 12.1 Å². The Hall–Kier alpha value is -1.91. The van der Waals surface area contributed by atoms with Crippen molar-refractivity contribution in [2.75, 3.05) is 0 Å². The lowest BCUT2D eigenvalue weighted by atomic mass is 10.3. The van der Waals surface area contributed by atoms with Gasteiger partial charge in [0.2, 0.25) is 0 Å². The molecular weight excluding hydrogens is 182 g/mol. The number of aryl methyl sites for hydroxylation is 1. The molecule has 5 heteroatoms. The van der Waals surface area contributed by atoms with Crippen molar-refractivity contribution in [2.45, 2.75) is 0 Å². The molecule has 0 atom stereocenters. The van der Waals surface area contributed by atoms with Crippen LogP contribution in [0.3, 0.4) is 0 Å². The van der Waals surface area contributed by atoms with Crippen LogP contribution in [-0.4, -0.2) is 14.1 Å². The van der Waals surface area contributed by atoms with Gasteiger partial charge in [-0.15, -0.1) is 0 Å². The summed E-state index contributed by atoms with van der Waals surface area (Å²) < 4.78 is 2.46. The van der Waals surface area contributed by atoms with Crippen LogP contribution in [0.15, 0.2) is 27.9 Å². The Morgan fingerprint density at radius 1 is 1.21 bits per heavy atom. The molecule has 0 amide bonds. The van der Waals surface area contributed by atoms with E-state index in [0.29, 0.717) is 11.0 Å².